The molecular formula is C24H33ClN6O5. The Morgan fingerprint density at radius 1 is 1.08 bits per heavy atom. The number of aliphatic imine (C=N–C) groups is 1. The summed E-state index contributed by atoms with van der Waals surface area (Å²) in [5.41, 5.74) is 5.52. The van der Waals surface area contributed by atoms with Gasteiger partial charge >= 0.3 is 6.09 Å². The predicted molar refractivity (Wildman–Crippen MR) is 136 cm³/mol. The van der Waals surface area contributed by atoms with Crippen molar-refractivity contribution in [1.82, 2.24) is 14.7 Å². The third-order valence-corrected chi connectivity index (χ3v) is 6.29. The number of anilines is 1. The second-order valence-electron chi connectivity index (χ2n) is 9.71. The van der Waals surface area contributed by atoms with Crippen LogP contribution >= 0.6 is 11.6 Å². The van der Waals surface area contributed by atoms with Crippen molar-refractivity contribution in [2.45, 2.75) is 45.3 Å². The number of carbonyl (C=O) groups excluding carboxylic acids is 4. The van der Waals surface area contributed by atoms with E-state index in [0.717, 1.165) is 6.42 Å². The van der Waals surface area contributed by atoms with Gasteiger partial charge in [0.15, 0.2) is 5.84 Å². The number of rotatable bonds is 3. The first-order valence-corrected chi connectivity index (χ1v) is 12.2. The molecule has 0 aliphatic carbocycles. The Labute approximate surface area is 215 Å². The highest BCUT2D eigenvalue weighted by Crippen LogP contribution is 2.25. The first-order chi connectivity index (χ1) is 16.9. The first-order valence-electron chi connectivity index (χ1n) is 11.8. The molecule has 0 saturated carbocycles. The fourth-order valence-electron chi connectivity index (χ4n) is 4.14. The smallest absolute Gasteiger partial charge is 0.410 e. The molecule has 11 nitrogen and oxygen atoms in total. The van der Waals surface area contributed by atoms with Gasteiger partial charge in [0, 0.05) is 45.5 Å². The zero-order valence-electron chi connectivity index (χ0n) is 21.0. The molecule has 2 aliphatic rings. The molecule has 3 N–H and O–H groups in total. The van der Waals surface area contributed by atoms with Gasteiger partial charge in [-0.3, -0.25) is 24.3 Å². The average molecular weight is 521 g/mol. The molecule has 36 heavy (non-hydrogen) atoms. The number of halogens is 1. The van der Waals surface area contributed by atoms with E-state index in [1.54, 1.807) is 36.6 Å². The minimum absolute atomic E-state index is 0.126. The molecule has 12 heteroatoms. The fraction of sp³-hybridized carbons (Fsp3) is 0.542. The average Bonchev–Trinajstić information content (AvgIpc) is 3.32. The Balaban J connectivity index is 1.58. The van der Waals surface area contributed by atoms with Gasteiger partial charge in [-0.2, -0.15) is 0 Å². The highest BCUT2D eigenvalue weighted by atomic mass is 35.5. The Morgan fingerprint density at radius 2 is 1.72 bits per heavy atom. The number of likely N-dealkylation sites (tertiary alicyclic amines) is 1. The maximum absolute atomic E-state index is 13.2. The Kier molecular flexibility index (Phi) is 8.44. The molecule has 1 aromatic rings. The van der Waals surface area contributed by atoms with Crippen LogP contribution in [0, 0.1) is 0 Å². The van der Waals surface area contributed by atoms with E-state index < -0.39 is 23.6 Å². The maximum atomic E-state index is 13.2. The fourth-order valence-corrected chi connectivity index (χ4v) is 4.40. The topological polar surface area (TPSA) is 138 Å². The van der Waals surface area contributed by atoms with Gasteiger partial charge in [-0.15, -0.1) is 0 Å². The number of amides is 4. The van der Waals surface area contributed by atoms with Crippen LogP contribution in [-0.2, 0) is 14.3 Å². The molecule has 1 atom stereocenters. The molecule has 2 fully saturated rings. The van der Waals surface area contributed by atoms with Crippen LogP contribution in [0.2, 0.25) is 5.02 Å². The lowest BCUT2D eigenvalue weighted by Gasteiger charge is -2.37. The SMILES string of the molecule is CN=C(N)C(=O)Nc1ccc(C(=O)N2CCN(C(=O)[C@@H]3CCCN3C(=O)OC(C)(C)C)CC2)c(Cl)c1. The molecule has 0 unspecified atom stereocenters. The molecule has 0 bridgehead atoms. The standard InChI is InChI=1S/C24H33ClN6O5/c1-24(2,3)36-23(35)31-9-5-6-18(31)22(34)30-12-10-29(11-13-30)21(33)16-8-7-15(14-17(16)25)28-20(32)19(26)27-4/h7-8,14,18H,5-6,9-13H2,1-4H3,(H2,26,27)(H,28,32)/t18-/m0/s1. The normalized spacial score (nSPS) is 18.8. The largest absolute Gasteiger partial charge is 0.444 e. The van der Waals surface area contributed by atoms with Crippen molar-refractivity contribution >= 4 is 46.9 Å². The van der Waals surface area contributed by atoms with Gasteiger partial charge < -0.3 is 25.6 Å². The van der Waals surface area contributed by atoms with E-state index in [0.29, 0.717) is 50.4 Å². The second kappa shape index (κ2) is 11.2. The van der Waals surface area contributed by atoms with E-state index in [1.165, 1.54) is 24.1 Å². The summed E-state index contributed by atoms with van der Waals surface area (Å²) in [4.78, 5) is 59.1. The second-order valence-corrected chi connectivity index (χ2v) is 10.1. The van der Waals surface area contributed by atoms with Gasteiger partial charge in [-0.05, 0) is 51.8 Å². The summed E-state index contributed by atoms with van der Waals surface area (Å²) in [6, 6.07) is 4.02. The van der Waals surface area contributed by atoms with Crippen LogP contribution in [0.25, 0.3) is 0 Å². The van der Waals surface area contributed by atoms with Crippen molar-refractivity contribution in [1.29, 1.82) is 0 Å². The number of ether oxygens (including phenoxy) is 1. The molecule has 2 saturated heterocycles. The zero-order chi connectivity index (χ0) is 26.6. The quantitative estimate of drug-likeness (QED) is 0.461. The van der Waals surface area contributed by atoms with Crippen LogP contribution < -0.4 is 11.1 Å². The van der Waals surface area contributed by atoms with Gasteiger partial charge in [0.2, 0.25) is 5.91 Å². The van der Waals surface area contributed by atoms with Crippen molar-refractivity contribution in [3.05, 3.63) is 28.8 Å². The van der Waals surface area contributed by atoms with Crippen LogP contribution in [0.1, 0.15) is 44.0 Å². The van der Waals surface area contributed by atoms with Crippen molar-refractivity contribution in [3.63, 3.8) is 0 Å². The summed E-state index contributed by atoms with van der Waals surface area (Å²) in [6.45, 7) is 7.24. The first kappa shape index (κ1) is 27.3. The van der Waals surface area contributed by atoms with Crippen LogP contribution in [0.4, 0.5) is 10.5 Å². The lowest BCUT2D eigenvalue weighted by Crippen LogP contribution is -2.55. The van der Waals surface area contributed by atoms with Crippen molar-refractivity contribution < 1.29 is 23.9 Å². The highest BCUT2D eigenvalue weighted by Gasteiger charge is 2.39. The van der Waals surface area contributed by atoms with Gasteiger partial charge in [-0.25, -0.2) is 4.79 Å². The van der Waals surface area contributed by atoms with Crippen LogP contribution in [0.5, 0.6) is 0 Å². The van der Waals surface area contributed by atoms with Crippen molar-refractivity contribution in [3.8, 4) is 0 Å². The van der Waals surface area contributed by atoms with E-state index in [4.69, 9.17) is 22.1 Å². The molecule has 4 amide bonds. The van der Waals surface area contributed by atoms with Crippen LogP contribution in [0.15, 0.2) is 23.2 Å². The molecule has 196 valence electrons. The zero-order valence-corrected chi connectivity index (χ0v) is 21.8. The minimum Gasteiger partial charge on any atom is -0.444 e. The minimum atomic E-state index is -0.637. The van der Waals surface area contributed by atoms with Gasteiger partial charge in [0.25, 0.3) is 11.8 Å². The molecule has 0 radical (unpaired) electrons. The molecular weight excluding hydrogens is 488 g/mol. The lowest BCUT2D eigenvalue weighted by atomic mass is 10.1. The number of carbonyl (C=O) groups is 4. The highest BCUT2D eigenvalue weighted by molar-refractivity contribution is 6.41. The molecule has 2 aliphatic heterocycles. The van der Waals surface area contributed by atoms with Gasteiger partial charge in [-0.1, -0.05) is 11.6 Å². The number of piperazine rings is 1. The molecule has 0 spiro atoms. The maximum Gasteiger partial charge on any atom is 0.410 e. The number of nitrogens with one attached hydrogen (secondary N) is 1. The monoisotopic (exact) mass is 520 g/mol. The number of hydrogen-bond acceptors (Lipinski definition) is 6. The van der Waals surface area contributed by atoms with Crippen molar-refractivity contribution in [2.24, 2.45) is 10.7 Å². The number of nitrogens with zero attached hydrogens (tertiary/aromatic N) is 4. The number of amidine groups is 1. The molecule has 0 aromatic heterocycles. The van der Waals surface area contributed by atoms with Crippen LogP contribution in [-0.4, -0.2) is 95.8 Å². The van der Waals surface area contributed by atoms with Crippen molar-refractivity contribution in [2.75, 3.05) is 45.1 Å². The van der Waals surface area contributed by atoms with E-state index in [-0.39, 0.29) is 22.7 Å². The van der Waals surface area contributed by atoms with E-state index in [2.05, 4.69) is 10.3 Å². The predicted octanol–water partition coefficient (Wildman–Crippen LogP) is 1.95. The lowest BCUT2D eigenvalue weighted by molar-refractivity contribution is -0.137. The van der Waals surface area contributed by atoms with E-state index in [1.807, 2.05) is 0 Å². The Morgan fingerprint density at radius 3 is 2.31 bits per heavy atom. The number of hydrogen-bond donors (Lipinski definition) is 2. The molecule has 1 aromatic carbocycles. The summed E-state index contributed by atoms with van der Waals surface area (Å²) in [7, 11) is 1.40. The Hall–Kier alpha value is -3.34. The summed E-state index contributed by atoms with van der Waals surface area (Å²) in [6.07, 6.45) is 0.845. The van der Waals surface area contributed by atoms with E-state index >= 15 is 0 Å². The molecule has 3 rings (SSSR count). The molecule has 2 heterocycles. The van der Waals surface area contributed by atoms with Crippen LogP contribution in [0.3, 0.4) is 0 Å². The van der Waals surface area contributed by atoms with Gasteiger partial charge in [0.05, 0.1) is 10.6 Å². The summed E-state index contributed by atoms with van der Waals surface area (Å²) in [5.74, 6) is -1.14. The number of nitrogens with two attached hydrogens (primary N) is 1. The van der Waals surface area contributed by atoms with E-state index in [9.17, 15) is 19.2 Å². The third-order valence-electron chi connectivity index (χ3n) is 5.98. The summed E-state index contributed by atoms with van der Waals surface area (Å²) < 4.78 is 5.46. The third kappa shape index (κ3) is 6.45. The Bertz CT molecular complexity index is 1060. The van der Waals surface area contributed by atoms with Gasteiger partial charge in [0.1, 0.15) is 11.6 Å². The summed E-state index contributed by atoms with van der Waals surface area (Å²) >= 11 is 6.32. The number of benzene rings is 1. The summed E-state index contributed by atoms with van der Waals surface area (Å²) in [5, 5.41) is 2.75.